The zero-order valence-corrected chi connectivity index (χ0v) is 12.5. The fraction of sp³-hybridized carbons (Fsp3) is 0.667. The molecule has 4 unspecified atom stereocenters. The van der Waals surface area contributed by atoms with Gasteiger partial charge in [0.05, 0.1) is 0 Å². The molecule has 0 heterocycles. The largest absolute Gasteiger partial charge is 0.299 e. The molecule has 3 aliphatic rings. The van der Waals surface area contributed by atoms with Crippen LogP contribution in [0.1, 0.15) is 52.4 Å². The van der Waals surface area contributed by atoms with Gasteiger partial charge < -0.3 is 0 Å². The van der Waals surface area contributed by atoms with Gasteiger partial charge in [-0.15, -0.1) is 0 Å². The number of carbonyl (C=O) groups excluding carboxylic acids is 2. The molecule has 0 N–H and O–H groups in total. The fourth-order valence-electron chi connectivity index (χ4n) is 4.29. The molecule has 3 rings (SSSR count). The second-order valence-electron chi connectivity index (χ2n) is 6.54. The standard InChI is InChI=1S/C18H24O2/c1-3-11-5-7-13-15(9-11)18(20)16-10-12(4-2)6-8-14(16)17(13)19/h5-6,13-16H,3-4,7-10H2,1-2H3. The van der Waals surface area contributed by atoms with Crippen LogP contribution in [0.3, 0.4) is 0 Å². The van der Waals surface area contributed by atoms with E-state index in [2.05, 4.69) is 26.0 Å². The van der Waals surface area contributed by atoms with E-state index in [-0.39, 0.29) is 23.7 Å². The summed E-state index contributed by atoms with van der Waals surface area (Å²) in [7, 11) is 0. The van der Waals surface area contributed by atoms with E-state index in [0.29, 0.717) is 11.6 Å². The maximum atomic E-state index is 12.9. The van der Waals surface area contributed by atoms with E-state index in [1.807, 2.05) is 0 Å². The van der Waals surface area contributed by atoms with Gasteiger partial charge in [-0.25, -0.2) is 0 Å². The number of carbonyl (C=O) groups is 2. The summed E-state index contributed by atoms with van der Waals surface area (Å²) < 4.78 is 0. The minimum atomic E-state index is -0.0179. The lowest BCUT2D eigenvalue weighted by atomic mass is 9.59. The highest BCUT2D eigenvalue weighted by Gasteiger charge is 2.50. The number of hydrogen-bond donors (Lipinski definition) is 0. The third kappa shape index (κ3) is 2.10. The molecule has 0 saturated heterocycles. The van der Waals surface area contributed by atoms with E-state index in [4.69, 9.17) is 0 Å². The van der Waals surface area contributed by atoms with Crippen molar-refractivity contribution >= 4 is 11.6 Å². The lowest BCUT2D eigenvalue weighted by Crippen LogP contribution is -2.49. The third-order valence-electron chi connectivity index (χ3n) is 5.63. The predicted molar refractivity (Wildman–Crippen MR) is 79.2 cm³/mol. The van der Waals surface area contributed by atoms with Crippen molar-refractivity contribution in [2.24, 2.45) is 23.7 Å². The molecule has 1 saturated carbocycles. The number of fused-ring (bicyclic) bond motifs is 2. The summed E-state index contributed by atoms with van der Waals surface area (Å²) in [5, 5.41) is 0. The molecule has 0 aromatic heterocycles. The minimum Gasteiger partial charge on any atom is -0.299 e. The van der Waals surface area contributed by atoms with Gasteiger partial charge in [-0.2, -0.15) is 0 Å². The number of ketones is 2. The molecule has 4 atom stereocenters. The molecular weight excluding hydrogens is 248 g/mol. The smallest absolute Gasteiger partial charge is 0.141 e. The molecule has 0 spiro atoms. The van der Waals surface area contributed by atoms with Crippen molar-refractivity contribution < 1.29 is 9.59 Å². The van der Waals surface area contributed by atoms with Crippen molar-refractivity contribution in [2.75, 3.05) is 0 Å². The number of Topliss-reactive ketones (excluding diaryl/α,β-unsaturated/α-hetero) is 2. The Morgan fingerprint density at radius 1 is 0.800 bits per heavy atom. The number of rotatable bonds is 2. The Bertz CT molecular complexity index is 456. The minimum absolute atomic E-state index is 0.0140. The Labute approximate surface area is 121 Å². The van der Waals surface area contributed by atoms with Crippen molar-refractivity contribution in [3.05, 3.63) is 23.3 Å². The molecule has 0 aromatic carbocycles. The van der Waals surface area contributed by atoms with Crippen LogP contribution < -0.4 is 0 Å². The lowest BCUT2D eigenvalue weighted by Gasteiger charge is -2.42. The predicted octanol–water partition coefficient (Wildman–Crippen LogP) is 3.86. The van der Waals surface area contributed by atoms with Gasteiger partial charge in [0.2, 0.25) is 0 Å². The maximum absolute atomic E-state index is 12.9. The fourth-order valence-corrected chi connectivity index (χ4v) is 4.29. The zero-order chi connectivity index (χ0) is 14.3. The van der Waals surface area contributed by atoms with Crippen LogP contribution in [-0.4, -0.2) is 11.6 Å². The summed E-state index contributed by atoms with van der Waals surface area (Å²) in [6.45, 7) is 4.28. The van der Waals surface area contributed by atoms with Gasteiger partial charge in [0.25, 0.3) is 0 Å². The first kappa shape index (κ1) is 13.8. The Balaban J connectivity index is 1.89. The number of allylic oxidation sites excluding steroid dienone is 4. The number of hydrogen-bond acceptors (Lipinski definition) is 2. The summed E-state index contributed by atoms with van der Waals surface area (Å²) in [5.41, 5.74) is 2.74. The quantitative estimate of drug-likeness (QED) is 0.715. The highest BCUT2D eigenvalue weighted by atomic mass is 16.1. The molecule has 0 aliphatic heterocycles. The lowest BCUT2D eigenvalue weighted by molar-refractivity contribution is -0.147. The van der Waals surface area contributed by atoms with Crippen LogP contribution in [0.2, 0.25) is 0 Å². The van der Waals surface area contributed by atoms with Crippen molar-refractivity contribution in [2.45, 2.75) is 52.4 Å². The van der Waals surface area contributed by atoms with Crippen LogP contribution in [0.5, 0.6) is 0 Å². The van der Waals surface area contributed by atoms with Gasteiger partial charge in [-0.05, 0) is 38.5 Å². The van der Waals surface area contributed by atoms with Crippen LogP contribution in [-0.2, 0) is 9.59 Å². The molecule has 108 valence electrons. The van der Waals surface area contributed by atoms with Gasteiger partial charge in [-0.3, -0.25) is 9.59 Å². The van der Waals surface area contributed by atoms with Crippen molar-refractivity contribution in [3.63, 3.8) is 0 Å². The van der Waals surface area contributed by atoms with Crippen molar-refractivity contribution in [1.82, 2.24) is 0 Å². The molecule has 2 heteroatoms. The summed E-state index contributed by atoms with van der Waals surface area (Å²) in [4.78, 5) is 25.6. The second kappa shape index (κ2) is 5.31. The summed E-state index contributed by atoms with van der Waals surface area (Å²) in [6, 6.07) is 0. The molecule has 2 nitrogen and oxygen atoms in total. The van der Waals surface area contributed by atoms with E-state index in [0.717, 1.165) is 38.5 Å². The van der Waals surface area contributed by atoms with E-state index >= 15 is 0 Å². The summed E-state index contributed by atoms with van der Waals surface area (Å²) in [5.74, 6) is 0.696. The second-order valence-corrected chi connectivity index (χ2v) is 6.54. The van der Waals surface area contributed by atoms with Gasteiger partial charge in [-0.1, -0.05) is 37.1 Å². The first-order valence-corrected chi connectivity index (χ1v) is 8.08. The first-order chi connectivity index (χ1) is 9.65. The molecule has 0 radical (unpaired) electrons. The van der Waals surface area contributed by atoms with Crippen LogP contribution in [0.25, 0.3) is 0 Å². The Morgan fingerprint density at radius 3 is 1.60 bits per heavy atom. The van der Waals surface area contributed by atoms with Gasteiger partial charge in [0.15, 0.2) is 0 Å². The molecule has 0 bridgehead atoms. The monoisotopic (exact) mass is 272 g/mol. The SMILES string of the molecule is CCC1=CCC2C(=O)C3CC=C(CC)CC3C(=O)C2C1. The molecule has 20 heavy (non-hydrogen) atoms. The molecule has 0 amide bonds. The van der Waals surface area contributed by atoms with Gasteiger partial charge in [0, 0.05) is 23.7 Å². The molecule has 0 aromatic rings. The Kier molecular flexibility index (Phi) is 3.66. The average Bonchev–Trinajstić information content (AvgIpc) is 2.51. The van der Waals surface area contributed by atoms with E-state index in [1.165, 1.54) is 11.1 Å². The highest BCUT2D eigenvalue weighted by molar-refractivity contribution is 6.00. The third-order valence-corrected chi connectivity index (χ3v) is 5.63. The van der Waals surface area contributed by atoms with E-state index < -0.39 is 0 Å². The topological polar surface area (TPSA) is 34.1 Å². The van der Waals surface area contributed by atoms with Gasteiger partial charge in [0.1, 0.15) is 11.6 Å². The first-order valence-electron chi connectivity index (χ1n) is 8.08. The summed E-state index contributed by atoms with van der Waals surface area (Å²) >= 11 is 0. The van der Waals surface area contributed by atoms with E-state index in [9.17, 15) is 9.59 Å². The van der Waals surface area contributed by atoms with Crippen molar-refractivity contribution in [3.8, 4) is 0 Å². The van der Waals surface area contributed by atoms with Crippen LogP contribution in [0, 0.1) is 23.7 Å². The average molecular weight is 272 g/mol. The normalized spacial score (nSPS) is 36.9. The van der Waals surface area contributed by atoms with Crippen molar-refractivity contribution in [1.29, 1.82) is 0 Å². The zero-order valence-electron chi connectivity index (χ0n) is 12.5. The van der Waals surface area contributed by atoms with E-state index in [1.54, 1.807) is 0 Å². The molecule has 3 aliphatic carbocycles. The Hall–Kier alpha value is -1.18. The van der Waals surface area contributed by atoms with Crippen LogP contribution in [0.15, 0.2) is 23.3 Å². The molecular formula is C18H24O2. The van der Waals surface area contributed by atoms with Crippen LogP contribution >= 0.6 is 0 Å². The Morgan fingerprint density at radius 2 is 1.20 bits per heavy atom. The molecule has 1 fully saturated rings. The highest BCUT2D eigenvalue weighted by Crippen LogP contribution is 2.46. The van der Waals surface area contributed by atoms with Crippen LogP contribution in [0.4, 0.5) is 0 Å². The van der Waals surface area contributed by atoms with Gasteiger partial charge >= 0.3 is 0 Å². The summed E-state index contributed by atoms with van der Waals surface area (Å²) in [6.07, 6.45) is 9.71. The maximum Gasteiger partial charge on any atom is 0.141 e.